The Labute approximate surface area is 123 Å². The van der Waals surface area contributed by atoms with Crippen LogP contribution < -0.4 is 10.1 Å². The third kappa shape index (κ3) is 3.54. The molecule has 2 atom stereocenters. The van der Waals surface area contributed by atoms with Gasteiger partial charge in [-0.25, -0.2) is 0 Å². The maximum absolute atomic E-state index is 10.4. The monoisotopic (exact) mass is 303 g/mol. The van der Waals surface area contributed by atoms with E-state index >= 15 is 0 Å². The molecule has 5 heteroatoms. The molecule has 3 nitrogen and oxygen atoms in total. The highest BCUT2D eigenvalue weighted by Crippen LogP contribution is 2.36. The quantitative estimate of drug-likeness (QED) is 0.893. The number of hydrogen-bond donors (Lipinski definition) is 2. The molecule has 19 heavy (non-hydrogen) atoms. The SMILES string of the molecule is CCOc1cc(Cl)c(C(O)C2CCCCN2)cc1Cl. The van der Waals surface area contributed by atoms with E-state index in [1.807, 2.05) is 6.92 Å². The first-order valence-corrected chi connectivity index (χ1v) is 7.42. The van der Waals surface area contributed by atoms with Crippen LogP contribution in [0.25, 0.3) is 0 Å². The van der Waals surface area contributed by atoms with E-state index < -0.39 is 6.10 Å². The number of halogens is 2. The number of aliphatic hydroxyl groups is 1. The van der Waals surface area contributed by atoms with Gasteiger partial charge in [-0.2, -0.15) is 0 Å². The van der Waals surface area contributed by atoms with Crippen LogP contribution in [-0.2, 0) is 0 Å². The van der Waals surface area contributed by atoms with Crippen LogP contribution in [0.4, 0.5) is 0 Å². The second-order valence-corrected chi connectivity index (χ2v) is 5.55. The van der Waals surface area contributed by atoms with Crippen LogP contribution in [0.3, 0.4) is 0 Å². The molecule has 2 N–H and O–H groups in total. The lowest BCUT2D eigenvalue weighted by Gasteiger charge is -2.29. The van der Waals surface area contributed by atoms with Gasteiger partial charge in [0.2, 0.25) is 0 Å². The highest BCUT2D eigenvalue weighted by molar-refractivity contribution is 6.34. The summed E-state index contributed by atoms with van der Waals surface area (Å²) in [6, 6.07) is 3.42. The summed E-state index contributed by atoms with van der Waals surface area (Å²) in [5.74, 6) is 0.557. The molecule has 0 bridgehead atoms. The molecule has 1 aliphatic rings. The van der Waals surface area contributed by atoms with Crippen LogP contribution in [0.5, 0.6) is 5.75 Å². The van der Waals surface area contributed by atoms with Crippen molar-refractivity contribution in [1.82, 2.24) is 5.32 Å². The Kier molecular flexibility index (Phi) is 5.34. The molecule has 0 amide bonds. The van der Waals surface area contributed by atoms with Gasteiger partial charge in [-0.15, -0.1) is 0 Å². The molecule has 1 fully saturated rings. The average Bonchev–Trinajstić information content (AvgIpc) is 2.43. The summed E-state index contributed by atoms with van der Waals surface area (Å²) in [6.45, 7) is 3.35. The predicted molar refractivity (Wildman–Crippen MR) is 78.2 cm³/mol. The van der Waals surface area contributed by atoms with Gasteiger partial charge in [-0.1, -0.05) is 29.6 Å². The molecule has 2 rings (SSSR count). The van der Waals surface area contributed by atoms with Crippen molar-refractivity contribution in [1.29, 1.82) is 0 Å². The van der Waals surface area contributed by atoms with Gasteiger partial charge in [0.05, 0.1) is 22.8 Å². The molecule has 0 radical (unpaired) electrons. The topological polar surface area (TPSA) is 41.5 Å². The van der Waals surface area contributed by atoms with Gasteiger partial charge in [0.25, 0.3) is 0 Å². The van der Waals surface area contributed by atoms with Crippen molar-refractivity contribution < 1.29 is 9.84 Å². The fourth-order valence-electron chi connectivity index (χ4n) is 2.40. The number of ether oxygens (including phenoxy) is 1. The van der Waals surface area contributed by atoms with Crippen LogP contribution in [0, 0.1) is 0 Å². The number of benzene rings is 1. The second-order valence-electron chi connectivity index (χ2n) is 4.74. The zero-order valence-corrected chi connectivity index (χ0v) is 12.5. The standard InChI is InChI=1S/C14H19Cl2NO2/c1-2-19-13-8-10(15)9(7-11(13)16)14(18)12-5-3-4-6-17-12/h7-8,12,14,17-18H,2-6H2,1H3. The minimum absolute atomic E-state index is 0.0419. The lowest BCUT2D eigenvalue weighted by molar-refractivity contribution is 0.114. The Hall–Kier alpha value is -0.480. The fraction of sp³-hybridized carbons (Fsp3) is 0.571. The van der Waals surface area contributed by atoms with Crippen LogP contribution in [0.1, 0.15) is 37.9 Å². The summed E-state index contributed by atoms with van der Waals surface area (Å²) < 4.78 is 5.38. The third-order valence-corrected chi connectivity index (χ3v) is 4.02. The normalized spacial score (nSPS) is 21.2. The highest BCUT2D eigenvalue weighted by Gasteiger charge is 2.25. The van der Waals surface area contributed by atoms with Crippen LogP contribution >= 0.6 is 23.2 Å². The van der Waals surface area contributed by atoms with Gasteiger partial charge >= 0.3 is 0 Å². The van der Waals surface area contributed by atoms with E-state index in [0.717, 1.165) is 25.8 Å². The molecule has 1 aromatic rings. The van der Waals surface area contributed by atoms with Crippen molar-refractivity contribution in [2.75, 3.05) is 13.2 Å². The number of nitrogens with one attached hydrogen (secondary N) is 1. The number of piperidine rings is 1. The van der Waals surface area contributed by atoms with Crippen molar-refractivity contribution in [3.8, 4) is 5.75 Å². The van der Waals surface area contributed by atoms with Crippen LogP contribution in [-0.4, -0.2) is 24.3 Å². The maximum atomic E-state index is 10.4. The number of hydrogen-bond acceptors (Lipinski definition) is 3. The van der Waals surface area contributed by atoms with E-state index in [2.05, 4.69) is 5.32 Å². The smallest absolute Gasteiger partial charge is 0.139 e. The molecule has 0 spiro atoms. The summed E-state index contributed by atoms with van der Waals surface area (Å²) in [7, 11) is 0. The van der Waals surface area contributed by atoms with Gasteiger partial charge < -0.3 is 15.2 Å². The fourth-order valence-corrected chi connectivity index (χ4v) is 2.89. The van der Waals surface area contributed by atoms with E-state index in [-0.39, 0.29) is 6.04 Å². The van der Waals surface area contributed by atoms with Crippen molar-refractivity contribution in [2.24, 2.45) is 0 Å². The van der Waals surface area contributed by atoms with Crippen LogP contribution in [0.2, 0.25) is 10.0 Å². The summed E-state index contributed by atoms with van der Waals surface area (Å²) in [4.78, 5) is 0. The second kappa shape index (κ2) is 6.80. The van der Waals surface area contributed by atoms with Gasteiger partial charge in [0.1, 0.15) is 5.75 Å². The van der Waals surface area contributed by atoms with Gasteiger partial charge in [-0.05, 0) is 32.4 Å². The van der Waals surface area contributed by atoms with E-state index in [4.69, 9.17) is 27.9 Å². The molecule has 2 unspecified atom stereocenters. The lowest BCUT2D eigenvalue weighted by Crippen LogP contribution is -2.38. The summed E-state index contributed by atoms with van der Waals surface area (Å²) in [5.41, 5.74) is 0.662. The molecule has 1 aromatic carbocycles. The van der Waals surface area contributed by atoms with E-state index in [1.165, 1.54) is 0 Å². The first kappa shape index (κ1) is 14.9. The van der Waals surface area contributed by atoms with Crippen molar-refractivity contribution >= 4 is 23.2 Å². The van der Waals surface area contributed by atoms with Crippen molar-refractivity contribution in [3.63, 3.8) is 0 Å². The maximum Gasteiger partial charge on any atom is 0.139 e. The Morgan fingerprint density at radius 3 is 2.79 bits per heavy atom. The minimum Gasteiger partial charge on any atom is -0.492 e. The lowest BCUT2D eigenvalue weighted by atomic mass is 9.95. The van der Waals surface area contributed by atoms with Gasteiger partial charge in [0, 0.05) is 17.7 Å². The molecule has 0 aliphatic carbocycles. The zero-order chi connectivity index (χ0) is 13.8. The summed E-state index contributed by atoms with van der Waals surface area (Å²) >= 11 is 12.4. The first-order chi connectivity index (χ1) is 9.13. The first-order valence-electron chi connectivity index (χ1n) is 6.66. The van der Waals surface area contributed by atoms with Crippen molar-refractivity contribution in [2.45, 2.75) is 38.3 Å². The molecular weight excluding hydrogens is 285 g/mol. The molecule has 1 aliphatic heterocycles. The molecule has 1 saturated heterocycles. The largest absolute Gasteiger partial charge is 0.492 e. The van der Waals surface area contributed by atoms with E-state index in [1.54, 1.807) is 12.1 Å². The van der Waals surface area contributed by atoms with Gasteiger partial charge in [-0.3, -0.25) is 0 Å². The highest BCUT2D eigenvalue weighted by atomic mass is 35.5. The Bertz CT molecular complexity index is 434. The molecule has 0 saturated carbocycles. The van der Waals surface area contributed by atoms with Gasteiger partial charge in [0.15, 0.2) is 0 Å². The van der Waals surface area contributed by atoms with E-state index in [9.17, 15) is 5.11 Å². The summed E-state index contributed by atoms with van der Waals surface area (Å²) in [5, 5.41) is 14.7. The Morgan fingerprint density at radius 1 is 1.37 bits per heavy atom. The Balaban J connectivity index is 2.21. The molecular formula is C14H19Cl2NO2. The number of rotatable bonds is 4. The summed E-state index contributed by atoms with van der Waals surface area (Å²) in [6.07, 6.45) is 2.58. The number of aliphatic hydroxyl groups excluding tert-OH is 1. The molecule has 1 heterocycles. The predicted octanol–water partition coefficient (Wildman–Crippen LogP) is 3.57. The zero-order valence-electron chi connectivity index (χ0n) is 11.0. The van der Waals surface area contributed by atoms with Crippen molar-refractivity contribution in [3.05, 3.63) is 27.7 Å². The van der Waals surface area contributed by atoms with Crippen LogP contribution in [0.15, 0.2) is 12.1 Å². The average molecular weight is 304 g/mol. The van der Waals surface area contributed by atoms with E-state index in [0.29, 0.717) is 28.0 Å². The Morgan fingerprint density at radius 2 is 2.16 bits per heavy atom. The minimum atomic E-state index is -0.638. The molecule has 0 aromatic heterocycles. The third-order valence-electron chi connectivity index (χ3n) is 3.40. The molecule has 106 valence electrons.